The van der Waals surface area contributed by atoms with Crippen LogP contribution in [0.3, 0.4) is 0 Å². The van der Waals surface area contributed by atoms with Crippen molar-refractivity contribution in [3.8, 4) is 0 Å². The van der Waals surface area contributed by atoms with Crippen molar-refractivity contribution in [2.24, 2.45) is 7.05 Å². The molecule has 0 aliphatic rings. The van der Waals surface area contributed by atoms with Gasteiger partial charge in [-0.25, -0.2) is 9.13 Å². The van der Waals surface area contributed by atoms with E-state index >= 15 is 0 Å². The molecule has 0 aromatic carbocycles. The zero-order valence-corrected chi connectivity index (χ0v) is 7.44. The zero-order chi connectivity index (χ0) is 9.14. The second-order valence-corrected chi connectivity index (χ2v) is 2.86. The quantitative estimate of drug-likeness (QED) is 0.594. The van der Waals surface area contributed by atoms with Crippen molar-refractivity contribution in [2.45, 2.75) is 19.6 Å². The molecule has 68 valence electrons. The summed E-state index contributed by atoms with van der Waals surface area (Å²) < 4.78 is 3.69. The van der Waals surface area contributed by atoms with Crippen LogP contribution in [-0.2, 0) is 13.6 Å². The zero-order valence-electron chi connectivity index (χ0n) is 7.44. The van der Waals surface area contributed by atoms with E-state index in [1.54, 1.807) is 6.92 Å². The highest BCUT2D eigenvalue weighted by atomic mass is 16.3. The van der Waals surface area contributed by atoms with Crippen molar-refractivity contribution >= 4 is 0 Å². The lowest BCUT2D eigenvalue weighted by atomic mass is 10.4. The summed E-state index contributed by atoms with van der Waals surface area (Å²) in [5, 5.41) is 18.1. The lowest BCUT2D eigenvalue weighted by molar-refractivity contribution is -0.682. The van der Waals surface area contributed by atoms with Gasteiger partial charge in [0.25, 0.3) is 5.82 Å². The summed E-state index contributed by atoms with van der Waals surface area (Å²) in [6.07, 6.45) is 3.20. The predicted octanol–water partition coefficient (Wildman–Crippen LogP) is -0.642. The molecule has 1 aromatic rings. The summed E-state index contributed by atoms with van der Waals surface area (Å²) in [5.41, 5.74) is 0. The van der Waals surface area contributed by atoms with Gasteiger partial charge in [-0.15, -0.1) is 0 Å². The summed E-state index contributed by atoms with van der Waals surface area (Å²) in [6, 6.07) is 0. The smallest absolute Gasteiger partial charge is 0.285 e. The Bertz CT molecular complexity index is 256. The van der Waals surface area contributed by atoms with Gasteiger partial charge in [-0.05, 0) is 6.92 Å². The molecule has 1 heterocycles. The predicted molar refractivity (Wildman–Crippen MR) is 43.3 cm³/mol. The van der Waals surface area contributed by atoms with E-state index in [9.17, 15) is 5.11 Å². The SMILES string of the molecule is CC(O)c1n(CCO)cc[n+]1C. The third kappa shape index (κ3) is 1.65. The van der Waals surface area contributed by atoms with E-state index in [1.807, 2.05) is 28.6 Å². The van der Waals surface area contributed by atoms with E-state index < -0.39 is 6.10 Å². The van der Waals surface area contributed by atoms with Crippen LogP contribution < -0.4 is 4.57 Å². The van der Waals surface area contributed by atoms with Crippen molar-refractivity contribution < 1.29 is 14.8 Å². The molecule has 0 saturated carbocycles. The first-order valence-electron chi connectivity index (χ1n) is 4.00. The number of rotatable bonds is 3. The van der Waals surface area contributed by atoms with E-state index in [4.69, 9.17) is 5.11 Å². The van der Waals surface area contributed by atoms with Gasteiger partial charge in [0.1, 0.15) is 18.9 Å². The molecule has 0 radical (unpaired) electrons. The number of aromatic nitrogens is 2. The highest BCUT2D eigenvalue weighted by Gasteiger charge is 2.18. The molecular weight excluding hydrogens is 156 g/mol. The van der Waals surface area contributed by atoms with Gasteiger partial charge in [-0.1, -0.05) is 0 Å². The molecule has 12 heavy (non-hydrogen) atoms. The first-order valence-corrected chi connectivity index (χ1v) is 4.00. The summed E-state index contributed by atoms with van der Waals surface area (Å²) in [5.74, 6) is 0.809. The molecule has 0 saturated heterocycles. The van der Waals surface area contributed by atoms with Crippen molar-refractivity contribution in [1.82, 2.24) is 4.57 Å². The van der Waals surface area contributed by atoms with Gasteiger partial charge in [0.05, 0.1) is 13.7 Å². The Morgan fingerprint density at radius 1 is 1.67 bits per heavy atom. The molecule has 0 bridgehead atoms. The molecule has 0 aliphatic heterocycles. The lowest BCUT2D eigenvalue weighted by Crippen LogP contribution is -2.33. The topological polar surface area (TPSA) is 49.3 Å². The molecule has 2 N–H and O–H groups in total. The summed E-state index contributed by atoms with van der Waals surface area (Å²) in [4.78, 5) is 0. The van der Waals surface area contributed by atoms with Crippen LogP contribution in [0.25, 0.3) is 0 Å². The third-order valence-corrected chi connectivity index (χ3v) is 1.84. The van der Waals surface area contributed by atoms with Gasteiger partial charge < -0.3 is 10.2 Å². The van der Waals surface area contributed by atoms with Crippen molar-refractivity contribution in [3.63, 3.8) is 0 Å². The van der Waals surface area contributed by atoms with Crippen molar-refractivity contribution in [1.29, 1.82) is 0 Å². The molecule has 1 rings (SSSR count). The maximum absolute atomic E-state index is 9.38. The van der Waals surface area contributed by atoms with Gasteiger partial charge in [0.2, 0.25) is 0 Å². The summed E-state index contributed by atoms with van der Waals surface area (Å²) in [6.45, 7) is 2.33. The number of hydrogen-bond acceptors (Lipinski definition) is 2. The average Bonchev–Trinajstić information content (AvgIpc) is 2.32. The van der Waals surface area contributed by atoms with Crippen LogP contribution in [0.15, 0.2) is 12.4 Å². The number of hydrogen-bond donors (Lipinski definition) is 2. The Labute approximate surface area is 71.7 Å². The minimum absolute atomic E-state index is 0.0917. The van der Waals surface area contributed by atoms with Gasteiger partial charge >= 0.3 is 0 Å². The van der Waals surface area contributed by atoms with E-state index in [2.05, 4.69) is 0 Å². The average molecular weight is 171 g/mol. The fraction of sp³-hybridized carbons (Fsp3) is 0.625. The first kappa shape index (κ1) is 9.22. The van der Waals surface area contributed by atoms with Gasteiger partial charge in [-0.3, -0.25) is 0 Å². The third-order valence-electron chi connectivity index (χ3n) is 1.84. The van der Waals surface area contributed by atoms with Crippen LogP contribution in [0.2, 0.25) is 0 Å². The Balaban J connectivity index is 2.95. The Kier molecular flexibility index (Phi) is 2.83. The number of nitrogens with zero attached hydrogens (tertiary/aromatic N) is 2. The Morgan fingerprint density at radius 2 is 2.33 bits per heavy atom. The number of aliphatic hydroxyl groups excluding tert-OH is 2. The Hall–Kier alpha value is -0.870. The van der Waals surface area contributed by atoms with Crippen LogP contribution in [-0.4, -0.2) is 21.4 Å². The first-order chi connectivity index (χ1) is 5.66. The summed E-state index contributed by atoms with van der Waals surface area (Å²) >= 11 is 0. The molecule has 1 aromatic heterocycles. The fourth-order valence-electron chi connectivity index (χ4n) is 1.37. The summed E-state index contributed by atoms with van der Waals surface area (Å²) in [7, 11) is 1.87. The maximum atomic E-state index is 9.38. The van der Waals surface area contributed by atoms with Gasteiger partial charge in [0, 0.05) is 0 Å². The molecule has 4 nitrogen and oxygen atoms in total. The minimum Gasteiger partial charge on any atom is -0.392 e. The largest absolute Gasteiger partial charge is 0.392 e. The molecule has 1 atom stereocenters. The molecule has 0 spiro atoms. The number of imidazole rings is 1. The maximum Gasteiger partial charge on any atom is 0.285 e. The molecule has 0 fully saturated rings. The molecular formula is C8H15N2O2+. The normalized spacial score (nSPS) is 13.3. The number of aryl methyl sites for hydroxylation is 1. The standard InChI is InChI=1S/C8H15N2O2/c1-7(12)8-9(2)3-4-10(8)5-6-11/h3-4,7,11-12H,5-6H2,1-2H3/q+1. The minimum atomic E-state index is -0.503. The highest BCUT2D eigenvalue weighted by molar-refractivity contribution is 4.86. The molecule has 1 unspecified atom stereocenters. The molecule has 4 heteroatoms. The van der Waals surface area contributed by atoms with Crippen LogP contribution in [0.5, 0.6) is 0 Å². The molecule has 0 amide bonds. The molecule has 0 aliphatic carbocycles. The van der Waals surface area contributed by atoms with Crippen molar-refractivity contribution in [3.05, 3.63) is 18.2 Å². The van der Waals surface area contributed by atoms with Crippen molar-refractivity contribution in [2.75, 3.05) is 6.61 Å². The van der Waals surface area contributed by atoms with E-state index in [0.717, 1.165) is 5.82 Å². The monoisotopic (exact) mass is 171 g/mol. The van der Waals surface area contributed by atoms with Crippen LogP contribution >= 0.6 is 0 Å². The lowest BCUT2D eigenvalue weighted by Gasteiger charge is -2.02. The second kappa shape index (κ2) is 3.69. The van der Waals surface area contributed by atoms with E-state index in [-0.39, 0.29) is 6.61 Å². The van der Waals surface area contributed by atoms with Gasteiger partial charge in [-0.2, -0.15) is 0 Å². The fourth-order valence-corrected chi connectivity index (χ4v) is 1.37. The van der Waals surface area contributed by atoms with E-state index in [0.29, 0.717) is 6.54 Å². The van der Waals surface area contributed by atoms with Crippen LogP contribution in [0, 0.1) is 0 Å². The number of aliphatic hydroxyl groups is 2. The Morgan fingerprint density at radius 3 is 2.83 bits per heavy atom. The van der Waals surface area contributed by atoms with Gasteiger partial charge in [0.15, 0.2) is 6.10 Å². The highest BCUT2D eigenvalue weighted by Crippen LogP contribution is 2.06. The second-order valence-electron chi connectivity index (χ2n) is 2.86. The van der Waals surface area contributed by atoms with E-state index in [1.165, 1.54) is 0 Å². The van der Waals surface area contributed by atoms with Crippen LogP contribution in [0.1, 0.15) is 18.9 Å². The van der Waals surface area contributed by atoms with Crippen LogP contribution in [0.4, 0.5) is 0 Å².